The summed E-state index contributed by atoms with van der Waals surface area (Å²) in [5, 5.41) is 9.77. The van der Waals surface area contributed by atoms with Crippen molar-refractivity contribution in [3.8, 4) is 0 Å². The molecule has 0 aromatic carbocycles. The van der Waals surface area contributed by atoms with E-state index in [1.165, 1.54) is 199 Å². The van der Waals surface area contributed by atoms with Gasteiger partial charge in [-0.15, -0.1) is 0 Å². The van der Waals surface area contributed by atoms with E-state index in [0.29, 0.717) is 23.9 Å². The Balaban J connectivity index is 4.07. The van der Waals surface area contributed by atoms with E-state index < -0.39 is 24.3 Å². The van der Waals surface area contributed by atoms with Crippen LogP contribution >= 0.6 is 0 Å². The highest BCUT2D eigenvalue weighted by Gasteiger charge is 2.25. The van der Waals surface area contributed by atoms with Crippen LogP contribution in [0, 0.1) is 0 Å². The summed E-state index contributed by atoms with van der Waals surface area (Å²) in [6.07, 6.45) is 106. The first-order valence-corrected chi connectivity index (χ1v) is 39.3. The van der Waals surface area contributed by atoms with E-state index in [2.05, 4.69) is 148 Å². The van der Waals surface area contributed by atoms with Crippen molar-refractivity contribution in [3.63, 3.8) is 0 Å². The third-order valence-electron chi connectivity index (χ3n) is 16.9. The zero-order valence-corrected chi connectivity index (χ0v) is 62.3. The Kier molecular flexibility index (Phi) is 71.6. The van der Waals surface area contributed by atoms with E-state index in [-0.39, 0.29) is 32.2 Å². The molecule has 9 heteroatoms. The lowest BCUT2D eigenvalue weighted by Crippen LogP contribution is -2.40. The number of likely N-dealkylation sites (N-methyl/N-ethyl adjacent to an activating group) is 1. The first-order chi connectivity index (χ1) is 46.6. The number of carboxylic acid groups (broad SMARTS) is 1. The van der Waals surface area contributed by atoms with Crippen molar-refractivity contribution in [1.29, 1.82) is 0 Å². The number of carboxylic acids is 1. The third kappa shape index (κ3) is 76.7. The minimum atomic E-state index is -1.52. The average Bonchev–Trinajstić information content (AvgIpc) is 3.54. The zero-order valence-electron chi connectivity index (χ0n) is 62.3. The van der Waals surface area contributed by atoms with Gasteiger partial charge in [0.15, 0.2) is 6.10 Å². The summed E-state index contributed by atoms with van der Waals surface area (Å²) in [6, 6.07) is 0. The van der Waals surface area contributed by atoms with Crippen LogP contribution in [0.4, 0.5) is 0 Å². The normalized spacial score (nSPS) is 13.4. The number of aliphatic carboxylic acids is 1. The van der Waals surface area contributed by atoms with Crippen molar-refractivity contribution >= 4 is 17.9 Å². The second kappa shape index (κ2) is 75.2. The zero-order chi connectivity index (χ0) is 69.0. The highest BCUT2D eigenvalue weighted by Crippen LogP contribution is 2.18. The molecule has 0 fully saturated rings. The van der Waals surface area contributed by atoms with E-state index in [4.69, 9.17) is 18.9 Å². The monoisotopic (exact) mass is 1320 g/mol. The molecule has 95 heavy (non-hydrogen) atoms. The van der Waals surface area contributed by atoms with Gasteiger partial charge in [-0.3, -0.25) is 9.59 Å². The van der Waals surface area contributed by atoms with Gasteiger partial charge in [0.25, 0.3) is 6.29 Å². The summed E-state index contributed by atoms with van der Waals surface area (Å²) in [5.74, 6) is -2.00. The SMILES string of the molecule is CC/C=C\C/C=C\C/C=C\C/C=C\C/C=C\C/C=C\C/C=C\C/C=C\C/C=C\CCCCCCCCCCCCCCCC(=O)OC(COC(=O)CCCCCCCCCCCCCCCCCCC/C=C\C/C=C\CCCCCCC)COC(OCC[N+](C)(C)C)C(=O)O. The molecule has 0 saturated heterocycles. The van der Waals surface area contributed by atoms with Gasteiger partial charge in [-0.2, -0.15) is 0 Å². The maximum Gasteiger partial charge on any atom is 0.361 e. The van der Waals surface area contributed by atoms with Crippen molar-refractivity contribution in [3.05, 3.63) is 134 Å². The first kappa shape index (κ1) is 90.4. The minimum absolute atomic E-state index is 0.184. The molecular formula is C86H148NO8+. The molecule has 0 amide bonds. The van der Waals surface area contributed by atoms with Crippen LogP contribution in [-0.2, 0) is 33.3 Å². The predicted molar refractivity (Wildman–Crippen MR) is 410 cm³/mol. The molecule has 0 aromatic heterocycles. The van der Waals surface area contributed by atoms with Gasteiger partial charge < -0.3 is 28.5 Å². The lowest BCUT2D eigenvalue weighted by atomic mass is 10.0. The number of unbranched alkanes of at least 4 members (excludes halogenated alkanes) is 35. The van der Waals surface area contributed by atoms with Crippen LogP contribution in [-0.4, -0.2) is 87.4 Å². The largest absolute Gasteiger partial charge is 0.477 e. The number of hydrogen-bond acceptors (Lipinski definition) is 7. The molecule has 0 rings (SSSR count). The number of carbonyl (C=O) groups excluding carboxylic acids is 2. The van der Waals surface area contributed by atoms with E-state index in [1.807, 2.05) is 21.1 Å². The van der Waals surface area contributed by atoms with Crippen LogP contribution in [0.2, 0.25) is 0 Å². The molecule has 9 nitrogen and oxygen atoms in total. The molecule has 2 unspecified atom stereocenters. The number of esters is 2. The van der Waals surface area contributed by atoms with Crippen molar-refractivity contribution in [2.24, 2.45) is 0 Å². The van der Waals surface area contributed by atoms with E-state index in [9.17, 15) is 19.5 Å². The molecular weight excluding hydrogens is 1170 g/mol. The summed E-state index contributed by atoms with van der Waals surface area (Å²) in [5.41, 5.74) is 0. The number of carbonyl (C=O) groups is 3. The van der Waals surface area contributed by atoms with Crippen LogP contribution in [0.3, 0.4) is 0 Å². The molecule has 0 aliphatic rings. The molecule has 0 saturated carbocycles. The van der Waals surface area contributed by atoms with Gasteiger partial charge in [0, 0.05) is 12.8 Å². The Morgan fingerprint density at radius 1 is 0.326 bits per heavy atom. The lowest BCUT2D eigenvalue weighted by molar-refractivity contribution is -0.870. The number of quaternary nitrogens is 1. The fraction of sp³-hybridized carbons (Fsp3) is 0.709. The summed E-state index contributed by atoms with van der Waals surface area (Å²) in [4.78, 5) is 37.7. The Morgan fingerprint density at radius 3 is 0.895 bits per heavy atom. The standard InChI is InChI=1S/C86H147NO8/c1-6-8-10-12-14-16-18-20-22-24-26-28-30-32-34-36-37-38-39-40-41-42-43-44-45-46-47-49-51-53-55-57-59-61-63-65-67-69-71-73-75-77-84(89)95-82(81-94-86(85(90)91)92-79-78-87(3,4)5)80-93-83(88)76-74-72-70-68-66-64-62-60-58-56-54-52-50-48-35-33-31-29-27-25-23-21-19-17-15-13-11-9-7-2/h8,10,14,16,19-22,25-28,32,34,37-38,40-41,43-44,46-47,82,86H,6-7,9,11-13,15,17-18,23-24,29-31,33,35-36,39,42,45,48-81H2,1-5H3/p+1/b10-8-,16-14-,21-19-,22-20-,27-25-,28-26-,34-32-,38-37-,41-40-,44-43-,47-46-. The smallest absolute Gasteiger partial charge is 0.361 e. The van der Waals surface area contributed by atoms with Crippen molar-refractivity contribution in [2.45, 2.75) is 347 Å². The van der Waals surface area contributed by atoms with E-state index in [1.54, 1.807) is 0 Å². The average molecular weight is 1320 g/mol. The summed E-state index contributed by atoms with van der Waals surface area (Å²) < 4.78 is 23.0. The Morgan fingerprint density at radius 2 is 0.600 bits per heavy atom. The molecule has 0 radical (unpaired) electrons. The predicted octanol–water partition coefficient (Wildman–Crippen LogP) is 25.3. The molecule has 0 aromatic rings. The number of rotatable bonds is 72. The quantitative estimate of drug-likeness (QED) is 0.0211. The highest BCUT2D eigenvalue weighted by atomic mass is 16.7. The van der Waals surface area contributed by atoms with Crippen molar-refractivity contribution in [1.82, 2.24) is 0 Å². The van der Waals surface area contributed by atoms with Gasteiger partial charge in [-0.05, 0) is 116 Å². The molecule has 2 atom stereocenters. The van der Waals surface area contributed by atoms with Gasteiger partial charge in [0.1, 0.15) is 13.2 Å². The number of ether oxygens (including phenoxy) is 4. The van der Waals surface area contributed by atoms with E-state index in [0.717, 1.165) is 103 Å². The second-order valence-corrected chi connectivity index (χ2v) is 27.3. The van der Waals surface area contributed by atoms with Gasteiger partial charge in [-0.25, -0.2) is 4.79 Å². The first-order valence-electron chi connectivity index (χ1n) is 39.3. The Bertz CT molecular complexity index is 2030. The molecule has 0 heterocycles. The molecule has 0 aliphatic carbocycles. The number of allylic oxidation sites excluding steroid dienone is 22. The van der Waals surface area contributed by atoms with Gasteiger partial charge in [-0.1, -0.05) is 340 Å². The molecule has 1 N–H and O–H groups in total. The molecule has 0 spiro atoms. The Labute approximate surface area is 586 Å². The maximum absolute atomic E-state index is 13.0. The summed E-state index contributed by atoms with van der Waals surface area (Å²) in [6.45, 7) is 4.78. The van der Waals surface area contributed by atoms with Crippen LogP contribution < -0.4 is 0 Å². The van der Waals surface area contributed by atoms with Crippen LogP contribution in [0.15, 0.2) is 134 Å². The fourth-order valence-corrected chi connectivity index (χ4v) is 10.9. The summed E-state index contributed by atoms with van der Waals surface area (Å²) >= 11 is 0. The Hall–Kier alpha value is -4.57. The third-order valence-corrected chi connectivity index (χ3v) is 16.9. The molecule has 0 bridgehead atoms. The maximum atomic E-state index is 13.0. The van der Waals surface area contributed by atoms with Gasteiger partial charge >= 0.3 is 17.9 Å². The van der Waals surface area contributed by atoms with Gasteiger partial charge in [0.2, 0.25) is 0 Å². The van der Waals surface area contributed by atoms with Crippen LogP contribution in [0.1, 0.15) is 335 Å². The number of nitrogens with zero attached hydrogens (tertiary/aromatic N) is 1. The van der Waals surface area contributed by atoms with E-state index >= 15 is 0 Å². The molecule has 544 valence electrons. The number of hydrogen-bond donors (Lipinski definition) is 1. The van der Waals surface area contributed by atoms with Crippen molar-refractivity contribution in [2.75, 3.05) is 47.5 Å². The van der Waals surface area contributed by atoms with Crippen molar-refractivity contribution < 1.29 is 42.9 Å². The van der Waals surface area contributed by atoms with Crippen LogP contribution in [0.25, 0.3) is 0 Å². The fourth-order valence-electron chi connectivity index (χ4n) is 10.9. The topological polar surface area (TPSA) is 108 Å². The minimum Gasteiger partial charge on any atom is -0.477 e. The lowest BCUT2D eigenvalue weighted by Gasteiger charge is -2.25. The summed E-state index contributed by atoms with van der Waals surface area (Å²) in [7, 11) is 5.98. The van der Waals surface area contributed by atoms with Gasteiger partial charge in [0.05, 0.1) is 34.4 Å². The van der Waals surface area contributed by atoms with Crippen LogP contribution in [0.5, 0.6) is 0 Å². The second-order valence-electron chi connectivity index (χ2n) is 27.3. The highest BCUT2D eigenvalue weighted by molar-refractivity contribution is 5.71. The molecule has 0 aliphatic heterocycles.